The zero-order valence-corrected chi connectivity index (χ0v) is 7.68. The van der Waals surface area contributed by atoms with E-state index in [0.717, 1.165) is 12.8 Å². The molecule has 12 heavy (non-hydrogen) atoms. The lowest BCUT2D eigenvalue weighted by molar-refractivity contribution is -0.124. The molecule has 3 nitrogen and oxygen atoms in total. The van der Waals surface area contributed by atoms with Gasteiger partial charge in [-0.2, -0.15) is 0 Å². The summed E-state index contributed by atoms with van der Waals surface area (Å²) < 4.78 is 0. The molecule has 1 saturated carbocycles. The first-order valence-electron chi connectivity index (χ1n) is 4.64. The Morgan fingerprint density at radius 2 is 1.83 bits per heavy atom. The summed E-state index contributed by atoms with van der Waals surface area (Å²) in [4.78, 5) is 11.0. The van der Waals surface area contributed by atoms with Gasteiger partial charge in [0.2, 0.25) is 5.91 Å². The topological polar surface area (TPSA) is 69.1 Å². The van der Waals surface area contributed by atoms with E-state index in [1.807, 2.05) is 0 Å². The van der Waals surface area contributed by atoms with Crippen LogP contribution in [-0.4, -0.2) is 11.4 Å². The number of carbonyl (C=O) groups is 1. The largest absolute Gasteiger partial charge is 0.368 e. The van der Waals surface area contributed by atoms with Gasteiger partial charge >= 0.3 is 0 Å². The number of hydrogen-bond acceptors (Lipinski definition) is 2. The van der Waals surface area contributed by atoms with Crippen molar-refractivity contribution >= 4 is 5.91 Å². The maximum Gasteiger partial charge on any atom is 0.237 e. The average molecular weight is 170 g/mol. The molecule has 0 saturated heterocycles. The maximum atomic E-state index is 11.0. The lowest BCUT2D eigenvalue weighted by Crippen LogP contribution is -2.55. The molecule has 0 bridgehead atoms. The van der Waals surface area contributed by atoms with E-state index in [9.17, 15) is 4.79 Å². The molecule has 3 heteroatoms. The third-order valence-corrected chi connectivity index (χ3v) is 2.98. The van der Waals surface area contributed by atoms with Crippen molar-refractivity contribution in [2.24, 2.45) is 17.4 Å². The maximum absolute atomic E-state index is 11.0. The highest BCUT2D eigenvalue weighted by Crippen LogP contribution is 2.30. The second kappa shape index (κ2) is 3.44. The first kappa shape index (κ1) is 9.52. The first-order chi connectivity index (χ1) is 5.55. The Balaban J connectivity index is 2.59. The smallest absolute Gasteiger partial charge is 0.237 e. The fraction of sp³-hybridized carbons (Fsp3) is 0.889. The fourth-order valence-corrected chi connectivity index (χ4v) is 1.90. The van der Waals surface area contributed by atoms with Crippen LogP contribution in [0.3, 0.4) is 0 Å². The average Bonchev–Trinajstić information content (AvgIpc) is 2.06. The van der Waals surface area contributed by atoms with E-state index >= 15 is 0 Å². The summed E-state index contributed by atoms with van der Waals surface area (Å²) in [6.45, 7) is 1.76. The summed E-state index contributed by atoms with van der Waals surface area (Å²) in [5.41, 5.74) is 10.3. The van der Waals surface area contributed by atoms with E-state index in [1.165, 1.54) is 19.3 Å². The monoisotopic (exact) mass is 170 g/mol. The van der Waals surface area contributed by atoms with Gasteiger partial charge in [0.05, 0.1) is 5.54 Å². The second-order valence-electron chi connectivity index (χ2n) is 3.98. The zero-order valence-electron chi connectivity index (χ0n) is 7.68. The summed E-state index contributed by atoms with van der Waals surface area (Å²) in [5.74, 6) is -0.0712. The van der Waals surface area contributed by atoms with Crippen molar-refractivity contribution in [1.82, 2.24) is 0 Å². The lowest BCUT2D eigenvalue weighted by atomic mass is 9.76. The van der Waals surface area contributed by atoms with Crippen LogP contribution in [0.1, 0.15) is 39.0 Å². The standard InChI is InChI=1S/C9H18N2O/c1-9(11,8(10)12)7-5-3-2-4-6-7/h7H,2-6,11H2,1H3,(H2,10,12). The van der Waals surface area contributed by atoms with Crippen molar-refractivity contribution in [3.8, 4) is 0 Å². The molecule has 1 aliphatic rings. The van der Waals surface area contributed by atoms with E-state index in [2.05, 4.69) is 0 Å². The van der Waals surface area contributed by atoms with Crippen molar-refractivity contribution < 1.29 is 4.79 Å². The molecular formula is C9H18N2O. The Kier molecular flexibility index (Phi) is 2.73. The van der Waals surface area contributed by atoms with Crippen molar-refractivity contribution in [1.29, 1.82) is 0 Å². The summed E-state index contributed by atoms with van der Waals surface area (Å²) in [7, 11) is 0. The summed E-state index contributed by atoms with van der Waals surface area (Å²) in [6.07, 6.45) is 5.74. The van der Waals surface area contributed by atoms with Crippen LogP contribution in [0.25, 0.3) is 0 Å². The lowest BCUT2D eigenvalue weighted by Gasteiger charge is -2.33. The number of rotatable bonds is 2. The molecule has 0 spiro atoms. The van der Waals surface area contributed by atoms with E-state index in [-0.39, 0.29) is 5.91 Å². The van der Waals surface area contributed by atoms with Crippen molar-refractivity contribution in [3.05, 3.63) is 0 Å². The number of hydrogen-bond donors (Lipinski definition) is 2. The predicted molar refractivity (Wildman–Crippen MR) is 48.4 cm³/mol. The van der Waals surface area contributed by atoms with Crippen LogP contribution in [0.15, 0.2) is 0 Å². The minimum absolute atomic E-state index is 0.295. The molecule has 1 amide bonds. The Morgan fingerprint density at radius 1 is 1.33 bits per heavy atom. The van der Waals surface area contributed by atoms with Gasteiger partial charge < -0.3 is 11.5 Å². The third-order valence-electron chi connectivity index (χ3n) is 2.98. The molecule has 1 unspecified atom stereocenters. The molecule has 70 valence electrons. The van der Waals surface area contributed by atoms with Crippen LogP contribution in [0.4, 0.5) is 0 Å². The van der Waals surface area contributed by atoms with Crippen LogP contribution in [-0.2, 0) is 4.79 Å². The molecule has 0 aromatic carbocycles. The van der Waals surface area contributed by atoms with Crippen LogP contribution >= 0.6 is 0 Å². The summed E-state index contributed by atoms with van der Waals surface area (Å²) in [6, 6.07) is 0. The highest BCUT2D eigenvalue weighted by molar-refractivity contribution is 5.84. The highest BCUT2D eigenvalue weighted by atomic mass is 16.1. The minimum Gasteiger partial charge on any atom is -0.368 e. The second-order valence-corrected chi connectivity index (χ2v) is 3.98. The van der Waals surface area contributed by atoms with Crippen molar-refractivity contribution in [2.45, 2.75) is 44.6 Å². The Labute approximate surface area is 73.5 Å². The summed E-state index contributed by atoms with van der Waals surface area (Å²) in [5, 5.41) is 0. The summed E-state index contributed by atoms with van der Waals surface area (Å²) >= 11 is 0. The molecule has 4 N–H and O–H groups in total. The van der Waals surface area contributed by atoms with Gasteiger partial charge in [0, 0.05) is 0 Å². The highest BCUT2D eigenvalue weighted by Gasteiger charge is 2.35. The molecular weight excluding hydrogens is 152 g/mol. The Hall–Kier alpha value is -0.570. The zero-order chi connectivity index (χ0) is 9.19. The molecule has 0 heterocycles. The van der Waals surface area contributed by atoms with Gasteiger partial charge in [-0.05, 0) is 25.7 Å². The van der Waals surface area contributed by atoms with Crippen LogP contribution in [0, 0.1) is 5.92 Å². The number of amides is 1. The molecule has 1 aliphatic carbocycles. The van der Waals surface area contributed by atoms with E-state index in [4.69, 9.17) is 11.5 Å². The molecule has 1 atom stereocenters. The van der Waals surface area contributed by atoms with Gasteiger partial charge in [0.25, 0.3) is 0 Å². The Morgan fingerprint density at radius 3 is 2.25 bits per heavy atom. The minimum atomic E-state index is -0.791. The third kappa shape index (κ3) is 1.78. The number of nitrogens with two attached hydrogens (primary N) is 2. The Bertz CT molecular complexity index is 171. The van der Waals surface area contributed by atoms with E-state index in [1.54, 1.807) is 6.92 Å². The van der Waals surface area contributed by atoms with Crippen LogP contribution < -0.4 is 11.5 Å². The molecule has 0 radical (unpaired) electrons. The normalized spacial score (nSPS) is 24.8. The van der Waals surface area contributed by atoms with E-state index in [0.29, 0.717) is 5.92 Å². The molecule has 0 aromatic heterocycles. The van der Waals surface area contributed by atoms with Crippen molar-refractivity contribution in [2.75, 3.05) is 0 Å². The van der Waals surface area contributed by atoms with Gasteiger partial charge in [-0.25, -0.2) is 0 Å². The van der Waals surface area contributed by atoms with Crippen LogP contribution in [0.5, 0.6) is 0 Å². The molecule has 1 rings (SSSR count). The van der Waals surface area contributed by atoms with Gasteiger partial charge in [-0.3, -0.25) is 4.79 Å². The van der Waals surface area contributed by atoms with Gasteiger partial charge in [-0.1, -0.05) is 19.3 Å². The molecule has 1 fully saturated rings. The molecule has 0 aliphatic heterocycles. The quantitative estimate of drug-likeness (QED) is 0.642. The van der Waals surface area contributed by atoms with Crippen molar-refractivity contribution in [3.63, 3.8) is 0 Å². The fourth-order valence-electron chi connectivity index (χ4n) is 1.90. The SMILES string of the molecule is CC(N)(C(N)=O)C1CCCCC1. The predicted octanol–water partition coefficient (Wildman–Crippen LogP) is 0.769. The van der Waals surface area contributed by atoms with Crippen LogP contribution in [0.2, 0.25) is 0 Å². The van der Waals surface area contributed by atoms with Gasteiger partial charge in [0.1, 0.15) is 0 Å². The van der Waals surface area contributed by atoms with E-state index < -0.39 is 5.54 Å². The molecule has 0 aromatic rings. The van der Waals surface area contributed by atoms with Gasteiger partial charge in [0.15, 0.2) is 0 Å². The first-order valence-corrected chi connectivity index (χ1v) is 4.64. The van der Waals surface area contributed by atoms with Gasteiger partial charge in [-0.15, -0.1) is 0 Å². The number of carbonyl (C=O) groups excluding carboxylic acids is 1. The number of primary amides is 1.